The first-order valence-corrected chi connectivity index (χ1v) is 11.1. The lowest BCUT2D eigenvalue weighted by Crippen LogP contribution is -2.38. The van der Waals surface area contributed by atoms with E-state index in [0.717, 1.165) is 44.3 Å². The van der Waals surface area contributed by atoms with Crippen molar-refractivity contribution in [3.8, 4) is 0 Å². The van der Waals surface area contributed by atoms with Crippen molar-refractivity contribution < 1.29 is 9.18 Å². The lowest BCUT2D eigenvalue weighted by atomic mass is 9.68. The maximum absolute atomic E-state index is 14.8. The first kappa shape index (κ1) is 19.8. The Balaban J connectivity index is 1.90. The van der Waals surface area contributed by atoms with Crippen LogP contribution < -0.4 is 5.32 Å². The second kappa shape index (κ2) is 6.58. The Labute approximate surface area is 191 Å². The fourth-order valence-corrected chi connectivity index (χ4v) is 5.88. The highest BCUT2D eigenvalue weighted by Crippen LogP contribution is 2.54. The van der Waals surface area contributed by atoms with Gasteiger partial charge in [-0.3, -0.25) is 4.79 Å². The van der Waals surface area contributed by atoms with E-state index in [1.54, 1.807) is 6.07 Å². The van der Waals surface area contributed by atoms with E-state index in [-0.39, 0.29) is 11.7 Å². The van der Waals surface area contributed by atoms with Crippen LogP contribution in [-0.4, -0.2) is 15.0 Å². The summed E-state index contributed by atoms with van der Waals surface area (Å²) in [5.74, 6) is -0.507. The molecule has 1 aliphatic rings. The number of anilines is 1. The summed E-state index contributed by atoms with van der Waals surface area (Å²) in [7, 11) is 4.04. The van der Waals surface area contributed by atoms with Crippen molar-refractivity contribution in [3.05, 3.63) is 101 Å². The molecular weight excluding hydrogens is 413 g/mol. The molecule has 0 aliphatic carbocycles. The van der Waals surface area contributed by atoms with Gasteiger partial charge in [-0.2, -0.15) is 0 Å². The van der Waals surface area contributed by atoms with Crippen molar-refractivity contribution in [2.75, 3.05) is 5.32 Å². The molecule has 1 N–H and O–H groups in total. The van der Waals surface area contributed by atoms with Crippen molar-refractivity contribution >= 4 is 33.4 Å². The van der Waals surface area contributed by atoms with Gasteiger partial charge in [0, 0.05) is 69.7 Å². The van der Waals surface area contributed by atoms with Gasteiger partial charge in [0.05, 0.1) is 0 Å². The topological polar surface area (TPSA) is 39.0 Å². The number of benzene rings is 3. The zero-order valence-corrected chi connectivity index (χ0v) is 19.0. The third-order valence-electron chi connectivity index (χ3n) is 7.52. The zero-order chi connectivity index (χ0) is 23.1. The lowest BCUT2D eigenvalue weighted by molar-refractivity contribution is -0.118. The van der Waals surface area contributed by atoms with Crippen LogP contribution in [-0.2, 0) is 24.3 Å². The molecular formula is C28H24FN3O. The molecule has 3 aromatic carbocycles. The number of aromatic nitrogens is 2. The molecule has 0 radical (unpaired) electrons. The molecule has 0 saturated carbocycles. The van der Waals surface area contributed by atoms with Crippen molar-refractivity contribution in [2.24, 2.45) is 14.1 Å². The van der Waals surface area contributed by atoms with Gasteiger partial charge >= 0.3 is 0 Å². The van der Waals surface area contributed by atoms with Crippen LogP contribution in [0.3, 0.4) is 0 Å². The largest absolute Gasteiger partial charge is 0.348 e. The second-order valence-electron chi connectivity index (χ2n) is 8.97. The summed E-state index contributed by atoms with van der Waals surface area (Å²) in [6.07, 6.45) is 0. The minimum absolute atomic E-state index is 0.151. The van der Waals surface area contributed by atoms with Crippen molar-refractivity contribution in [3.63, 3.8) is 0 Å². The molecule has 2 aromatic heterocycles. The normalized spacial score (nSPS) is 14.8. The molecule has 5 heteroatoms. The van der Waals surface area contributed by atoms with E-state index in [1.807, 2.05) is 52.2 Å². The SMILES string of the molecule is Cc1c(C2(c3c(C)n(C)c4ccccc34)C(=O)Nc3ccc(F)cc32)c2ccccc2n1C. The minimum Gasteiger partial charge on any atom is -0.348 e. The minimum atomic E-state index is -1.19. The van der Waals surface area contributed by atoms with Crippen molar-refractivity contribution in [1.82, 2.24) is 9.13 Å². The van der Waals surface area contributed by atoms with Gasteiger partial charge in [-0.15, -0.1) is 0 Å². The summed E-state index contributed by atoms with van der Waals surface area (Å²) >= 11 is 0. The summed E-state index contributed by atoms with van der Waals surface area (Å²) in [6, 6.07) is 20.8. The Morgan fingerprint density at radius 2 is 1.30 bits per heavy atom. The number of carbonyl (C=O) groups excluding carboxylic acids is 1. The predicted octanol–water partition coefficient (Wildman–Crippen LogP) is 5.71. The molecule has 164 valence electrons. The fourth-order valence-electron chi connectivity index (χ4n) is 5.88. The van der Waals surface area contributed by atoms with E-state index >= 15 is 0 Å². The molecule has 0 unspecified atom stereocenters. The number of carbonyl (C=O) groups is 1. The Bertz CT molecular complexity index is 1540. The number of para-hydroxylation sites is 2. The Morgan fingerprint density at radius 3 is 1.85 bits per heavy atom. The fraction of sp³-hybridized carbons (Fsp3) is 0.179. The Hall–Kier alpha value is -3.86. The molecule has 4 nitrogen and oxygen atoms in total. The van der Waals surface area contributed by atoms with Gasteiger partial charge in [-0.05, 0) is 44.2 Å². The van der Waals surface area contributed by atoms with Gasteiger partial charge in [-0.25, -0.2) is 4.39 Å². The van der Waals surface area contributed by atoms with Gasteiger partial charge in [0.2, 0.25) is 5.91 Å². The Morgan fingerprint density at radius 1 is 0.788 bits per heavy atom. The highest BCUT2D eigenvalue weighted by molar-refractivity contribution is 6.16. The summed E-state index contributed by atoms with van der Waals surface area (Å²) in [4.78, 5) is 14.2. The van der Waals surface area contributed by atoms with Crippen LogP contribution in [0.25, 0.3) is 21.8 Å². The van der Waals surface area contributed by atoms with Crippen LogP contribution in [0.1, 0.15) is 28.1 Å². The first-order chi connectivity index (χ1) is 15.9. The predicted molar refractivity (Wildman–Crippen MR) is 130 cm³/mol. The average Bonchev–Trinajstić information content (AvgIpc) is 3.34. The average molecular weight is 438 g/mol. The van der Waals surface area contributed by atoms with Crippen molar-refractivity contribution in [1.29, 1.82) is 0 Å². The highest BCUT2D eigenvalue weighted by Gasteiger charge is 2.54. The van der Waals surface area contributed by atoms with E-state index in [0.29, 0.717) is 11.3 Å². The molecule has 0 bridgehead atoms. The molecule has 0 saturated heterocycles. The number of aryl methyl sites for hydroxylation is 2. The second-order valence-corrected chi connectivity index (χ2v) is 8.97. The van der Waals surface area contributed by atoms with Crippen LogP contribution >= 0.6 is 0 Å². The maximum atomic E-state index is 14.8. The first-order valence-electron chi connectivity index (χ1n) is 11.1. The van der Waals surface area contributed by atoms with Crippen LogP contribution in [0.5, 0.6) is 0 Å². The lowest BCUT2D eigenvalue weighted by Gasteiger charge is -2.30. The van der Waals surface area contributed by atoms with E-state index < -0.39 is 5.41 Å². The van der Waals surface area contributed by atoms with Gasteiger partial charge in [-0.1, -0.05) is 36.4 Å². The van der Waals surface area contributed by atoms with Gasteiger partial charge in [0.15, 0.2) is 0 Å². The van der Waals surface area contributed by atoms with Gasteiger partial charge < -0.3 is 14.5 Å². The van der Waals surface area contributed by atoms with E-state index in [1.165, 1.54) is 12.1 Å². The van der Waals surface area contributed by atoms with Crippen LogP contribution in [0.15, 0.2) is 66.7 Å². The summed E-state index contributed by atoms with van der Waals surface area (Å²) < 4.78 is 19.0. The van der Waals surface area contributed by atoms with Crippen molar-refractivity contribution in [2.45, 2.75) is 19.3 Å². The molecule has 3 heterocycles. The monoisotopic (exact) mass is 437 g/mol. The Kier molecular flexibility index (Phi) is 3.95. The summed E-state index contributed by atoms with van der Waals surface area (Å²) in [6.45, 7) is 4.09. The number of fused-ring (bicyclic) bond motifs is 3. The third kappa shape index (κ3) is 2.31. The zero-order valence-electron chi connectivity index (χ0n) is 19.0. The number of nitrogens with zero attached hydrogens (tertiary/aromatic N) is 2. The molecule has 0 spiro atoms. The number of hydrogen-bond donors (Lipinski definition) is 1. The van der Waals surface area contributed by atoms with E-state index in [9.17, 15) is 9.18 Å². The van der Waals surface area contributed by atoms with Gasteiger partial charge in [0.1, 0.15) is 11.2 Å². The molecule has 33 heavy (non-hydrogen) atoms. The van der Waals surface area contributed by atoms with Crippen LogP contribution in [0.4, 0.5) is 10.1 Å². The molecule has 1 aliphatic heterocycles. The quantitative estimate of drug-likeness (QED) is 0.377. The standard InChI is InChI=1S/C28H24FN3O/c1-16-25(19-9-5-7-11-23(19)31(16)3)28(21-15-18(29)13-14-22(21)30-27(28)33)26-17(2)32(4)24-12-8-6-10-20(24)26/h5-15H,1-4H3,(H,30,33). The molecule has 0 atom stereocenters. The molecule has 0 fully saturated rings. The molecule has 5 aromatic rings. The van der Waals surface area contributed by atoms with E-state index in [2.05, 4.69) is 38.7 Å². The molecule has 1 amide bonds. The van der Waals surface area contributed by atoms with Crippen LogP contribution in [0.2, 0.25) is 0 Å². The van der Waals surface area contributed by atoms with Gasteiger partial charge in [0.25, 0.3) is 0 Å². The number of halogens is 1. The molecule has 6 rings (SSSR count). The van der Waals surface area contributed by atoms with Crippen LogP contribution in [0, 0.1) is 19.7 Å². The van der Waals surface area contributed by atoms with E-state index in [4.69, 9.17) is 0 Å². The number of amides is 1. The highest BCUT2D eigenvalue weighted by atomic mass is 19.1. The summed E-state index contributed by atoms with van der Waals surface area (Å²) in [5.41, 5.74) is 5.98. The third-order valence-corrected chi connectivity index (χ3v) is 7.52. The number of hydrogen-bond acceptors (Lipinski definition) is 1. The number of rotatable bonds is 2. The smallest absolute Gasteiger partial charge is 0.244 e. The maximum Gasteiger partial charge on any atom is 0.244 e. The summed E-state index contributed by atoms with van der Waals surface area (Å²) in [5, 5.41) is 5.09. The number of nitrogens with one attached hydrogen (secondary N) is 1.